The number of hydrogen-bond donors (Lipinski definition) is 2. The minimum Gasteiger partial charge on any atom is -0.480 e. The van der Waals surface area contributed by atoms with Gasteiger partial charge in [-0.25, -0.2) is 8.42 Å². The molecular formula is C12H15Cl2NO4S. The lowest BCUT2D eigenvalue weighted by Gasteiger charge is -2.20. The molecule has 1 rings (SSSR count). The van der Waals surface area contributed by atoms with Crippen LogP contribution in [0.2, 0.25) is 10.0 Å². The van der Waals surface area contributed by atoms with Crippen LogP contribution < -0.4 is 4.72 Å². The summed E-state index contributed by atoms with van der Waals surface area (Å²) in [6, 6.07) is 2.76. The summed E-state index contributed by atoms with van der Waals surface area (Å²) in [4.78, 5) is 10.9. The molecule has 0 saturated heterocycles. The average molecular weight is 340 g/mol. The molecule has 5 nitrogen and oxygen atoms in total. The second kappa shape index (κ2) is 6.76. The molecule has 0 radical (unpaired) electrons. The fourth-order valence-corrected chi connectivity index (χ4v) is 3.62. The van der Waals surface area contributed by atoms with E-state index in [4.69, 9.17) is 28.3 Å². The van der Waals surface area contributed by atoms with E-state index in [-0.39, 0.29) is 20.9 Å². The second-order valence-electron chi connectivity index (χ2n) is 4.40. The van der Waals surface area contributed by atoms with Crippen molar-refractivity contribution in [3.05, 3.63) is 28.2 Å². The smallest absolute Gasteiger partial charge is 0.322 e. The summed E-state index contributed by atoms with van der Waals surface area (Å²) >= 11 is 11.6. The number of halogens is 2. The first-order chi connectivity index (χ1) is 9.19. The Morgan fingerprint density at radius 3 is 2.50 bits per heavy atom. The third kappa shape index (κ3) is 4.09. The summed E-state index contributed by atoms with van der Waals surface area (Å²) < 4.78 is 26.6. The largest absolute Gasteiger partial charge is 0.480 e. The maximum Gasteiger partial charge on any atom is 0.322 e. The van der Waals surface area contributed by atoms with Gasteiger partial charge in [0, 0.05) is 5.02 Å². The molecule has 2 unspecified atom stereocenters. The van der Waals surface area contributed by atoms with E-state index in [1.807, 2.05) is 0 Å². The van der Waals surface area contributed by atoms with Crippen LogP contribution >= 0.6 is 23.2 Å². The number of hydrogen-bond acceptors (Lipinski definition) is 3. The Hall–Kier alpha value is -0.820. The number of nitrogens with one attached hydrogen (secondary N) is 1. The first kappa shape index (κ1) is 17.2. The van der Waals surface area contributed by atoms with Gasteiger partial charge >= 0.3 is 5.97 Å². The van der Waals surface area contributed by atoms with Crippen LogP contribution in [0.25, 0.3) is 0 Å². The lowest BCUT2D eigenvalue weighted by atomic mass is 10.0. The summed E-state index contributed by atoms with van der Waals surface area (Å²) in [5.41, 5.74) is 0. The van der Waals surface area contributed by atoms with Crippen LogP contribution in [-0.2, 0) is 14.8 Å². The van der Waals surface area contributed by atoms with Crippen molar-refractivity contribution in [2.24, 2.45) is 5.92 Å². The molecule has 1 aromatic carbocycles. The van der Waals surface area contributed by atoms with Gasteiger partial charge in [-0.1, -0.05) is 43.5 Å². The molecule has 2 atom stereocenters. The van der Waals surface area contributed by atoms with Crippen molar-refractivity contribution >= 4 is 39.2 Å². The van der Waals surface area contributed by atoms with E-state index in [9.17, 15) is 13.2 Å². The van der Waals surface area contributed by atoms with Crippen molar-refractivity contribution in [3.63, 3.8) is 0 Å². The highest BCUT2D eigenvalue weighted by Gasteiger charge is 2.30. The number of rotatable bonds is 6. The fraction of sp³-hybridized carbons (Fsp3) is 0.417. The molecule has 0 spiro atoms. The van der Waals surface area contributed by atoms with Crippen LogP contribution in [0.15, 0.2) is 23.1 Å². The van der Waals surface area contributed by atoms with E-state index in [1.54, 1.807) is 13.8 Å². The number of aliphatic carboxylic acids is 1. The monoisotopic (exact) mass is 339 g/mol. The number of carboxylic acids is 1. The molecule has 8 heteroatoms. The van der Waals surface area contributed by atoms with Crippen LogP contribution in [0, 0.1) is 5.92 Å². The number of benzene rings is 1. The molecule has 0 aliphatic heterocycles. The maximum atomic E-state index is 12.2. The number of carbonyl (C=O) groups is 1. The van der Waals surface area contributed by atoms with Gasteiger partial charge in [-0.15, -0.1) is 0 Å². The zero-order valence-corrected chi connectivity index (χ0v) is 13.3. The average Bonchev–Trinajstić information content (AvgIpc) is 2.37. The molecule has 0 aliphatic rings. The molecule has 0 fully saturated rings. The summed E-state index contributed by atoms with van der Waals surface area (Å²) in [7, 11) is -4.06. The summed E-state index contributed by atoms with van der Waals surface area (Å²) in [6.45, 7) is 3.43. The van der Waals surface area contributed by atoms with Crippen LogP contribution in [0.3, 0.4) is 0 Å². The van der Waals surface area contributed by atoms with E-state index in [0.29, 0.717) is 6.42 Å². The van der Waals surface area contributed by atoms with Crippen molar-refractivity contribution in [2.45, 2.75) is 31.2 Å². The van der Waals surface area contributed by atoms with Gasteiger partial charge in [0.15, 0.2) is 0 Å². The molecular weight excluding hydrogens is 325 g/mol. The predicted octanol–water partition coefficient (Wildman–Crippen LogP) is 2.77. The highest BCUT2D eigenvalue weighted by atomic mass is 35.5. The Morgan fingerprint density at radius 2 is 2.00 bits per heavy atom. The third-order valence-corrected chi connectivity index (χ3v) is 5.10. The number of sulfonamides is 1. The van der Waals surface area contributed by atoms with Crippen LogP contribution in [0.1, 0.15) is 20.3 Å². The van der Waals surface area contributed by atoms with Gasteiger partial charge in [0.1, 0.15) is 10.9 Å². The molecule has 0 aliphatic carbocycles. The minimum atomic E-state index is -4.06. The molecule has 0 heterocycles. The Kier molecular flexibility index (Phi) is 5.82. The maximum absolute atomic E-state index is 12.2. The Bertz CT molecular complexity index is 603. The third-order valence-electron chi connectivity index (χ3n) is 2.94. The Morgan fingerprint density at radius 1 is 1.40 bits per heavy atom. The molecule has 20 heavy (non-hydrogen) atoms. The quantitative estimate of drug-likeness (QED) is 0.834. The van der Waals surface area contributed by atoms with Gasteiger partial charge in [-0.3, -0.25) is 4.79 Å². The predicted molar refractivity (Wildman–Crippen MR) is 77.7 cm³/mol. The van der Waals surface area contributed by atoms with Gasteiger partial charge < -0.3 is 5.11 Å². The van der Waals surface area contributed by atoms with Crippen molar-refractivity contribution in [1.29, 1.82) is 0 Å². The van der Waals surface area contributed by atoms with Crippen molar-refractivity contribution in [2.75, 3.05) is 0 Å². The molecule has 112 valence electrons. The first-order valence-electron chi connectivity index (χ1n) is 5.89. The Balaban J connectivity index is 3.16. The van der Waals surface area contributed by atoms with E-state index >= 15 is 0 Å². The molecule has 0 bridgehead atoms. The topological polar surface area (TPSA) is 83.5 Å². The van der Waals surface area contributed by atoms with E-state index < -0.39 is 22.0 Å². The molecule has 2 N–H and O–H groups in total. The molecule has 0 saturated carbocycles. The standard InChI is InChI=1S/C12H15Cl2NO4S/c1-3-7(2)11(12(16)17)15-20(18,19)10-6-8(13)4-5-9(10)14/h4-7,11,15H,3H2,1-2H3,(H,16,17). The van der Waals surface area contributed by atoms with E-state index in [0.717, 1.165) is 0 Å². The van der Waals surface area contributed by atoms with Gasteiger partial charge in [0.25, 0.3) is 0 Å². The highest BCUT2D eigenvalue weighted by molar-refractivity contribution is 7.89. The summed E-state index contributed by atoms with van der Waals surface area (Å²) in [5, 5.41) is 9.30. The second-order valence-corrected chi connectivity index (χ2v) is 6.92. The minimum absolute atomic E-state index is 0.0183. The number of carboxylic acid groups (broad SMARTS) is 1. The van der Waals surface area contributed by atoms with Crippen LogP contribution in [0.5, 0.6) is 0 Å². The summed E-state index contributed by atoms with van der Waals surface area (Å²) in [5.74, 6) is -1.60. The van der Waals surface area contributed by atoms with E-state index in [2.05, 4.69) is 4.72 Å². The lowest BCUT2D eigenvalue weighted by molar-refractivity contribution is -0.140. The molecule has 0 aromatic heterocycles. The molecule has 1 aromatic rings. The van der Waals surface area contributed by atoms with Crippen LogP contribution in [0.4, 0.5) is 0 Å². The highest BCUT2D eigenvalue weighted by Crippen LogP contribution is 2.25. The van der Waals surface area contributed by atoms with E-state index in [1.165, 1.54) is 18.2 Å². The normalized spacial score (nSPS) is 14.8. The lowest BCUT2D eigenvalue weighted by Crippen LogP contribution is -2.44. The van der Waals surface area contributed by atoms with Gasteiger partial charge in [-0.2, -0.15) is 4.72 Å². The first-order valence-corrected chi connectivity index (χ1v) is 8.13. The summed E-state index contributed by atoms with van der Waals surface area (Å²) in [6.07, 6.45) is 0.517. The van der Waals surface area contributed by atoms with Crippen molar-refractivity contribution < 1.29 is 18.3 Å². The fourth-order valence-electron chi connectivity index (χ4n) is 1.56. The van der Waals surface area contributed by atoms with Crippen molar-refractivity contribution in [3.8, 4) is 0 Å². The van der Waals surface area contributed by atoms with Gasteiger partial charge in [0.05, 0.1) is 5.02 Å². The van der Waals surface area contributed by atoms with Gasteiger partial charge in [0.2, 0.25) is 10.0 Å². The van der Waals surface area contributed by atoms with Gasteiger partial charge in [-0.05, 0) is 24.1 Å². The SMILES string of the molecule is CCC(C)C(NS(=O)(=O)c1cc(Cl)ccc1Cl)C(=O)O. The van der Waals surface area contributed by atoms with Crippen LogP contribution in [-0.4, -0.2) is 25.5 Å². The molecule has 0 amide bonds. The Labute approximate surface area is 127 Å². The zero-order chi connectivity index (χ0) is 15.5. The van der Waals surface area contributed by atoms with Crippen molar-refractivity contribution in [1.82, 2.24) is 4.72 Å². The zero-order valence-electron chi connectivity index (χ0n) is 10.9.